The smallest absolute Gasteiger partial charge is 0.232 e. The van der Waals surface area contributed by atoms with Crippen LogP contribution in [0, 0.1) is 20.8 Å². The van der Waals surface area contributed by atoms with Gasteiger partial charge in [0, 0.05) is 0 Å². The van der Waals surface area contributed by atoms with Crippen molar-refractivity contribution in [1.29, 1.82) is 0 Å². The predicted molar refractivity (Wildman–Crippen MR) is 112 cm³/mol. The van der Waals surface area contributed by atoms with Gasteiger partial charge in [-0.05, 0) is 61.1 Å². The average Bonchev–Trinajstić information content (AvgIpc) is 2.66. The fourth-order valence-corrected chi connectivity index (χ4v) is 3.61. The van der Waals surface area contributed by atoms with Gasteiger partial charge in [-0.3, -0.25) is 4.79 Å². The maximum Gasteiger partial charge on any atom is 0.232 e. The van der Waals surface area contributed by atoms with Gasteiger partial charge in [0.05, 0.1) is 12.0 Å². The molecule has 2 heteroatoms. The molecule has 0 aliphatic heterocycles. The number of hydrogen-bond donors (Lipinski definition) is 1. The van der Waals surface area contributed by atoms with Gasteiger partial charge in [-0.15, -0.1) is 0 Å². The fraction of sp³-hybridized carbons (Fsp3) is 0.240. The molecule has 3 rings (SSSR count). The Kier molecular flexibility index (Phi) is 5.75. The van der Waals surface area contributed by atoms with Crippen LogP contribution in [-0.4, -0.2) is 5.91 Å². The number of carbonyl (C=O) groups excluding carboxylic acids is 1. The fourth-order valence-electron chi connectivity index (χ4n) is 3.61. The largest absolute Gasteiger partial charge is 0.349 e. The first-order chi connectivity index (χ1) is 13.0. The third-order valence-corrected chi connectivity index (χ3v) is 5.24. The Morgan fingerprint density at radius 2 is 1.22 bits per heavy atom. The lowest BCUT2D eigenvalue weighted by atomic mass is 9.89. The highest BCUT2D eigenvalue weighted by molar-refractivity contribution is 5.87. The zero-order chi connectivity index (χ0) is 19.4. The van der Waals surface area contributed by atoms with Crippen LogP contribution in [-0.2, 0) is 4.79 Å². The van der Waals surface area contributed by atoms with E-state index < -0.39 is 0 Å². The molecule has 1 unspecified atom stereocenters. The van der Waals surface area contributed by atoms with Gasteiger partial charge in [0.25, 0.3) is 0 Å². The lowest BCUT2D eigenvalue weighted by Crippen LogP contribution is -2.32. The van der Waals surface area contributed by atoms with Gasteiger partial charge in [-0.2, -0.15) is 0 Å². The predicted octanol–water partition coefficient (Wildman–Crippen LogP) is 5.62. The molecule has 0 fully saturated rings. The first kappa shape index (κ1) is 18.9. The van der Waals surface area contributed by atoms with E-state index in [0.29, 0.717) is 0 Å². The third-order valence-electron chi connectivity index (χ3n) is 5.24. The summed E-state index contributed by atoms with van der Waals surface area (Å²) >= 11 is 0. The summed E-state index contributed by atoms with van der Waals surface area (Å²) in [6.07, 6.45) is 0. The van der Waals surface area contributed by atoms with Crippen molar-refractivity contribution < 1.29 is 4.79 Å². The van der Waals surface area contributed by atoms with E-state index >= 15 is 0 Å². The number of nitrogens with one attached hydrogen (secondary N) is 1. The zero-order valence-electron chi connectivity index (χ0n) is 16.5. The second-order valence-corrected chi connectivity index (χ2v) is 7.28. The minimum atomic E-state index is -0.318. The van der Waals surface area contributed by atoms with E-state index in [1.54, 1.807) is 0 Å². The maximum atomic E-state index is 13.3. The van der Waals surface area contributed by atoms with Crippen molar-refractivity contribution in [3.8, 4) is 0 Å². The summed E-state index contributed by atoms with van der Waals surface area (Å²) in [7, 11) is 0. The van der Waals surface area contributed by atoms with E-state index in [1.807, 2.05) is 60.7 Å². The Bertz CT molecular complexity index is 876. The van der Waals surface area contributed by atoms with E-state index in [1.165, 1.54) is 22.3 Å². The van der Waals surface area contributed by atoms with Crippen LogP contribution in [0.2, 0.25) is 0 Å². The molecular formula is C25H27NO. The van der Waals surface area contributed by atoms with E-state index in [-0.39, 0.29) is 17.9 Å². The molecular weight excluding hydrogens is 330 g/mol. The van der Waals surface area contributed by atoms with Crippen LogP contribution in [0.15, 0.2) is 72.8 Å². The molecule has 0 radical (unpaired) electrons. The molecule has 3 aromatic rings. The Morgan fingerprint density at radius 3 is 1.74 bits per heavy atom. The summed E-state index contributed by atoms with van der Waals surface area (Å²) in [6.45, 7) is 8.40. The van der Waals surface area contributed by atoms with Crippen LogP contribution >= 0.6 is 0 Å². The second kappa shape index (κ2) is 8.22. The summed E-state index contributed by atoms with van der Waals surface area (Å²) in [5.41, 5.74) is 6.92. The molecule has 0 bridgehead atoms. The molecule has 0 saturated carbocycles. The maximum absolute atomic E-state index is 13.3. The lowest BCUT2D eigenvalue weighted by Gasteiger charge is -2.23. The topological polar surface area (TPSA) is 29.1 Å². The van der Waals surface area contributed by atoms with Crippen molar-refractivity contribution in [3.63, 3.8) is 0 Å². The molecule has 0 aromatic heterocycles. The molecule has 0 aliphatic rings. The molecule has 0 saturated heterocycles. The van der Waals surface area contributed by atoms with Crippen molar-refractivity contribution in [2.24, 2.45) is 0 Å². The van der Waals surface area contributed by atoms with E-state index in [9.17, 15) is 4.79 Å². The molecule has 3 aromatic carbocycles. The second-order valence-electron chi connectivity index (χ2n) is 7.28. The van der Waals surface area contributed by atoms with Crippen LogP contribution in [0.1, 0.15) is 52.3 Å². The molecule has 1 N–H and O–H groups in total. The molecule has 0 heterocycles. The van der Waals surface area contributed by atoms with Gasteiger partial charge < -0.3 is 5.32 Å². The molecule has 2 nitrogen and oxygen atoms in total. The van der Waals surface area contributed by atoms with Crippen LogP contribution in [0.5, 0.6) is 0 Å². The Hall–Kier alpha value is -2.87. The van der Waals surface area contributed by atoms with Gasteiger partial charge in [0.2, 0.25) is 5.91 Å². The highest BCUT2D eigenvalue weighted by atomic mass is 16.1. The zero-order valence-corrected chi connectivity index (χ0v) is 16.5. The quantitative estimate of drug-likeness (QED) is 0.631. The minimum Gasteiger partial charge on any atom is -0.349 e. The molecule has 1 atom stereocenters. The number of carbonyl (C=O) groups is 1. The van der Waals surface area contributed by atoms with Gasteiger partial charge in [0.15, 0.2) is 0 Å². The minimum absolute atomic E-state index is 0.0255. The number of aryl methyl sites for hydroxylation is 3. The summed E-state index contributed by atoms with van der Waals surface area (Å²) in [5.74, 6) is -0.292. The SMILES string of the molecule is Cc1cc(C)c(C(C)NC(=O)C(c2ccccc2)c2ccccc2)cc1C. The van der Waals surface area contributed by atoms with Gasteiger partial charge in [-0.25, -0.2) is 0 Å². The standard InChI is InChI=1S/C25H27NO/c1-17-15-19(3)23(16-18(17)2)20(4)26-25(27)24(21-11-7-5-8-12-21)22-13-9-6-10-14-22/h5-16,20,24H,1-4H3,(H,26,27). The van der Waals surface area contributed by atoms with Crippen LogP contribution < -0.4 is 5.32 Å². The Labute approximate surface area is 162 Å². The lowest BCUT2D eigenvalue weighted by molar-refractivity contribution is -0.122. The summed E-state index contributed by atoms with van der Waals surface area (Å²) < 4.78 is 0. The van der Waals surface area contributed by atoms with E-state index in [0.717, 1.165) is 11.1 Å². The molecule has 1 amide bonds. The van der Waals surface area contributed by atoms with Gasteiger partial charge >= 0.3 is 0 Å². The summed E-state index contributed by atoms with van der Waals surface area (Å²) in [4.78, 5) is 13.3. The van der Waals surface area contributed by atoms with Crippen molar-refractivity contribution in [2.45, 2.75) is 39.7 Å². The van der Waals surface area contributed by atoms with Gasteiger partial charge in [-0.1, -0.05) is 72.8 Å². The third kappa shape index (κ3) is 4.28. The Morgan fingerprint density at radius 1 is 0.741 bits per heavy atom. The first-order valence-corrected chi connectivity index (χ1v) is 9.45. The molecule has 0 spiro atoms. The molecule has 27 heavy (non-hydrogen) atoms. The molecule has 0 aliphatic carbocycles. The van der Waals surface area contributed by atoms with Crippen molar-refractivity contribution in [2.75, 3.05) is 0 Å². The summed E-state index contributed by atoms with van der Waals surface area (Å²) in [5, 5.41) is 3.24. The van der Waals surface area contributed by atoms with Crippen molar-refractivity contribution in [3.05, 3.63) is 106 Å². The van der Waals surface area contributed by atoms with Crippen LogP contribution in [0.4, 0.5) is 0 Å². The number of rotatable bonds is 5. The number of amides is 1. The monoisotopic (exact) mass is 357 g/mol. The van der Waals surface area contributed by atoms with Crippen molar-refractivity contribution in [1.82, 2.24) is 5.32 Å². The Balaban J connectivity index is 1.90. The number of hydrogen-bond acceptors (Lipinski definition) is 1. The normalized spacial score (nSPS) is 12.0. The highest BCUT2D eigenvalue weighted by Gasteiger charge is 2.24. The van der Waals surface area contributed by atoms with Crippen LogP contribution in [0.25, 0.3) is 0 Å². The van der Waals surface area contributed by atoms with Crippen LogP contribution in [0.3, 0.4) is 0 Å². The highest BCUT2D eigenvalue weighted by Crippen LogP contribution is 2.27. The number of benzene rings is 3. The first-order valence-electron chi connectivity index (χ1n) is 9.45. The van der Waals surface area contributed by atoms with Gasteiger partial charge in [0.1, 0.15) is 0 Å². The van der Waals surface area contributed by atoms with E-state index in [2.05, 4.69) is 45.1 Å². The summed E-state index contributed by atoms with van der Waals surface area (Å²) in [6, 6.07) is 24.3. The van der Waals surface area contributed by atoms with Crippen molar-refractivity contribution >= 4 is 5.91 Å². The molecule has 138 valence electrons. The van der Waals surface area contributed by atoms with E-state index in [4.69, 9.17) is 0 Å². The average molecular weight is 357 g/mol.